The molecule has 0 saturated carbocycles. The van der Waals surface area contributed by atoms with Gasteiger partial charge in [-0.15, -0.1) is 23.5 Å². The molecule has 2 rings (SSSR count). The highest BCUT2D eigenvalue weighted by molar-refractivity contribution is 8.00. The van der Waals surface area contributed by atoms with Gasteiger partial charge in [0.25, 0.3) is 0 Å². The topological polar surface area (TPSA) is 156 Å². The molecule has 2 aromatic carbocycles. The Labute approximate surface area is 170 Å². The standard InChI is InChI=1S/2C8H8O3S.C2H6O2/c2*9-6-1-3-7(4-2-6)12-5-8(10)11;3-1-2-4/h2*1-4,9H,5H2,(H,10,11);3-4H,1-2H2. The highest BCUT2D eigenvalue weighted by Gasteiger charge is 1.99. The normalized spacial score (nSPS) is 9.36. The number of benzene rings is 2. The summed E-state index contributed by atoms with van der Waals surface area (Å²) in [7, 11) is 0. The van der Waals surface area contributed by atoms with Crippen molar-refractivity contribution in [2.45, 2.75) is 9.79 Å². The number of thioether (sulfide) groups is 2. The minimum absolute atomic E-state index is 0.0464. The molecule has 10 heteroatoms. The van der Waals surface area contributed by atoms with Crippen LogP contribution in [-0.4, -0.2) is 67.3 Å². The first-order valence-electron chi connectivity index (χ1n) is 7.77. The Morgan fingerprint density at radius 2 is 0.929 bits per heavy atom. The Morgan fingerprint density at radius 1 is 0.643 bits per heavy atom. The van der Waals surface area contributed by atoms with Crippen LogP contribution in [0.15, 0.2) is 58.3 Å². The third-order valence-corrected chi connectivity index (χ3v) is 4.49. The van der Waals surface area contributed by atoms with E-state index in [1.54, 1.807) is 24.3 Å². The highest BCUT2D eigenvalue weighted by Crippen LogP contribution is 2.20. The zero-order valence-electron chi connectivity index (χ0n) is 14.8. The first-order valence-corrected chi connectivity index (χ1v) is 9.74. The summed E-state index contributed by atoms with van der Waals surface area (Å²) in [4.78, 5) is 22.0. The molecule has 0 aliphatic rings. The van der Waals surface area contributed by atoms with Crippen molar-refractivity contribution < 1.29 is 40.2 Å². The van der Waals surface area contributed by atoms with E-state index in [0.717, 1.165) is 9.79 Å². The third-order valence-electron chi connectivity index (χ3n) is 2.50. The van der Waals surface area contributed by atoms with E-state index >= 15 is 0 Å². The van der Waals surface area contributed by atoms with E-state index in [0.29, 0.717) is 0 Å². The molecule has 8 nitrogen and oxygen atoms in total. The summed E-state index contributed by atoms with van der Waals surface area (Å²) >= 11 is 2.45. The van der Waals surface area contributed by atoms with Crippen molar-refractivity contribution in [2.75, 3.05) is 24.7 Å². The Bertz CT molecular complexity index is 628. The summed E-state index contributed by atoms with van der Waals surface area (Å²) in [5, 5.41) is 49.8. The van der Waals surface area contributed by atoms with Crippen LogP contribution in [0.2, 0.25) is 0 Å². The number of carboxylic acid groups (broad SMARTS) is 2. The molecule has 0 heterocycles. The summed E-state index contributed by atoms with van der Waals surface area (Å²) in [5.41, 5.74) is 0. The smallest absolute Gasteiger partial charge is 0.313 e. The number of aliphatic hydroxyl groups is 2. The van der Waals surface area contributed by atoms with Gasteiger partial charge < -0.3 is 30.6 Å². The molecule has 6 N–H and O–H groups in total. The van der Waals surface area contributed by atoms with E-state index in [1.165, 1.54) is 47.8 Å². The van der Waals surface area contributed by atoms with E-state index in [4.69, 9.17) is 30.6 Å². The van der Waals surface area contributed by atoms with Gasteiger partial charge in [-0.1, -0.05) is 0 Å². The fourth-order valence-electron chi connectivity index (χ4n) is 1.37. The Balaban J connectivity index is 0.000000439. The van der Waals surface area contributed by atoms with Gasteiger partial charge in [0.15, 0.2) is 0 Å². The minimum Gasteiger partial charge on any atom is -0.508 e. The second kappa shape index (κ2) is 15.6. The largest absolute Gasteiger partial charge is 0.508 e. The number of aromatic hydroxyl groups is 2. The lowest BCUT2D eigenvalue weighted by atomic mass is 10.3. The number of carbonyl (C=O) groups is 2. The van der Waals surface area contributed by atoms with Gasteiger partial charge >= 0.3 is 11.9 Å². The van der Waals surface area contributed by atoms with Gasteiger partial charge in [-0.05, 0) is 48.5 Å². The Hall–Kier alpha value is -2.40. The number of rotatable bonds is 7. The van der Waals surface area contributed by atoms with Gasteiger partial charge in [0.05, 0.1) is 24.7 Å². The van der Waals surface area contributed by atoms with Crippen molar-refractivity contribution in [3.63, 3.8) is 0 Å². The Kier molecular flexibility index (Phi) is 14.3. The van der Waals surface area contributed by atoms with Crippen LogP contribution in [0.1, 0.15) is 0 Å². The lowest BCUT2D eigenvalue weighted by Gasteiger charge is -1.97. The second-order valence-corrected chi connectivity index (χ2v) is 6.90. The summed E-state index contributed by atoms with van der Waals surface area (Å²) in [6.07, 6.45) is 0. The monoisotopic (exact) mass is 430 g/mol. The average molecular weight is 431 g/mol. The third kappa shape index (κ3) is 14.7. The molecule has 0 atom stereocenters. The van der Waals surface area contributed by atoms with Crippen molar-refractivity contribution in [1.29, 1.82) is 0 Å². The van der Waals surface area contributed by atoms with Crippen molar-refractivity contribution in [2.24, 2.45) is 0 Å². The molecular formula is C18H22O8S2. The van der Waals surface area contributed by atoms with Crippen molar-refractivity contribution >= 4 is 35.5 Å². The fourth-order valence-corrected chi connectivity index (χ4v) is 2.61. The number of hydrogen-bond acceptors (Lipinski definition) is 8. The second-order valence-electron chi connectivity index (χ2n) is 4.80. The molecular weight excluding hydrogens is 408 g/mol. The van der Waals surface area contributed by atoms with Crippen LogP contribution in [0, 0.1) is 0 Å². The summed E-state index contributed by atoms with van der Waals surface area (Å²) in [5.74, 6) is -1.21. The van der Waals surface area contributed by atoms with Gasteiger partial charge in [0.2, 0.25) is 0 Å². The number of aliphatic carboxylic acids is 2. The number of phenols is 2. The van der Waals surface area contributed by atoms with Crippen LogP contribution in [0.4, 0.5) is 0 Å². The molecule has 0 bridgehead atoms. The van der Waals surface area contributed by atoms with Crippen molar-refractivity contribution in [3.8, 4) is 11.5 Å². The SMILES string of the molecule is O=C(O)CSc1ccc(O)cc1.O=C(O)CSc1ccc(O)cc1.OCCO. The summed E-state index contributed by atoms with van der Waals surface area (Å²) in [6, 6.07) is 12.9. The molecule has 0 saturated heterocycles. The molecule has 0 aromatic heterocycles. The molecule has 2 aromatic rings. The van der Waals surface area contributed by atoms with E-state index in [2.05, 4.69) is 0 Å². The van der Waals surface area contributed by atoms with Crippen LogP contribution in [0.5, 0.6) is 11.5 Å². The zero-order valence-corrected chi connectivity index (χ0v) is 16.4. The van der Waals surface area contributed by atoms with Gasteiger partial charge in [-0.3, -0.25) is 9.59 Å². The van der Waals surface area contributed by atoms with Crippen LogP contribution in [0.3, 0.4) is 0 Å². The van der Waals surface area contributed by atoms with Crippen molar-refractivity contribution in [1.82, 2.24) is 0 Å². The maximum absolute atomic E-state index is 10.2. The molecule has 28 heavy (non-hydrogen) atoms. The molecule has 154 valence electrons. The van der Waals surface area contributed by atoms with E-state index < -0.39 is 11.9 Å². The number of hydrogen-bond donors (Lipinski definition) is 6. The lowest BCUT2D eigenvalue weighted by molar-refractivity contribution is -0.134. The maximum atomic E-state index is 10.2. The van der Waals surface area contributed by atoms with Gasteiger partial charge in [-0.25, -0.2) is 0 Å². The summed E-state index contributed by atoms with van der Waals surface area (Å²) in [6.45, 7) is -0.250. The molecule has 0 amide bonds. The predicted molar refractivity (Wildman–Crippen MR) is 107 cm³/mol. The maximum Gasteiger partial charge on any atom is 0.313 e. The Morgan fingerprint density at radius 3 is 1.14 bits per heavy atom. The molecule has 0 fully saturated rings. The fraction of sp³-hybridized carbons (Fsp3) is 0.222. The van der Waals surface area contributed by atoms with E-state index in [1.807, 2.05) is 0 Å². The van der Waals surface area contributed by atoms with Crippen LogP contribution < -0.4 is 0 Å². The molecule has 0 spiro atoms. The lowest BCUT2D eigenvalue weighted by Crippen LogP contribution is -1.96. The predicted octanol–water partition coefficient (Wildman–Crippen LogP) is 2.11. The molecule has 0 aliphatic carbocycles. The first kappa shape index (κ1) is 25.6. The van der Waals surface area contributed by atoms with Gasteiger partial charge in [0.1, 0.15) is 11.5 Å². The quantitative estimate of drug-likeness (QED) is 0.360. The number of aliphatic hydroxyl groups excluding tert-OH is 2. The number of phenolic OH excluding ortho intramolecular Hbond substituents is 2. The average Bonchev–Trinajstić information content (AvgIpc) is 2.67. The van der Waals surface area contributed by atoms with E-state index in [9.17, 15) is 9.59 Å². The van der Waals surface area contributed by atoms with Gasteiger partial charge in [0, 0.05) is 9.79 Å². The van der Waals surface area contributed by atoms with Crippen molar-refractivity contribution in [3.05, 3.63) is 48.5 Å². The zero-order chi connectivity index (χ0) is 21.4. The highest BCUT2D eigenvalue weighted by atomic mass is 32.2. The molecule has 0 aliphatic heterocycles. The van der Waals surface area contributed by atoms with Crippen LogP contribution in [0.25, 0.3) is 0 Å². The number of carboxylic acids is 2. The van der Waals surface area contributed by atoms with Crippen LogP contribution >= 0.6 is 23.5 Å². The summed E-state index contributed by atoms with van der Waals surface area (Å²) < 4.78 is 0. The first-order chi connectivity index (χ1) is 13.3. The molecule has 0 radical (unpaired) electrons. The van der Waals surface area contributed by atoms with Gasteiger partial charge in [-0.2, -0.15) is 0 Å². The molecule has 0 unspecified atom stereocenters. The van der Waals surface area contributed by atoms with Crippen LogP contribution in [-0.2, 0) is 9.59 Å². The minimum atomic E-state index is -0.840. The van der Waals surface area contributed by atoms with E-state index in [-0.39, 0.29) is 36.2 Å².